The maximum atomic E-state index is 12.8. The first kappa shape index (κ1) is 92.2. The summed E-state index contributed by atoms with van der Waals surface area (Å²) in [6, 6.07) is 23.4. The fourth-order valence-electron chi connectivity index (χ4n) is 16.1. The number of fused-ring (bicyclic) bond motifs is 4. The van der Waals surface area contributed by atoms with Crippen molar-refractivity contribution in [2.75, 3.05) is 144 Å². The molecule has 16 rings (SSSR count). The number of imidazole rings is 2. The highest BCUT2D eigenvalue weighted by atomic mass is 35.5. The number of nitrogens with one attached hydrogen (secondary N) is 4. The number of carbonyl (C=O) groups is 2. The number of piperidine rings is 3. The molecule has 4 aromatic carbocycles. The van der Waals surface area contributed by atoms with Crippen LogP contribution in [0.4, 0.5) is 81.2 Å². The van der Waals surface area contributed by atoms with E-state index in [1.54, 1.807) is 96.8 Å². The number of anilines is 14. The maximum absolute atomic E-state index is 12.8. The number of aryl methyl sites for hydroxylation is 4. The molecule has 0 spiro atoms. The number of aliphatic hydroxyl groups is 2. The number of carbonyl (C=O) groups excluding carboxylic acids is 2. The second-order valence-electron chi connectivity index (χ2n) is 34.7. The molecule has 6 aromatic heterocycles. The van der Waals surface area contributed by atoms with Crippen LogP contribution in [0.1, 0.15) is 131 Å². The van der Waals surface area contributed by atoms with Crippen molar-refractivity contribution in [2.24, 2.45) is 31.8 Å². The molecule has 0 aliphatic carbocycles. The van der Waals surface area contributed by atoms with Gasteiger partial charge in [0.05, 0.1) is 58.1 Å². The third-order valence-corrected chi connectivity index (χ3v) is 25.3. The third-order valence-electron chi connectivity index (χ3n) is 24.2. The summed E-state index contributed by atoms with van der Waals surface area (Å²) in [6.45, 7) is 29.4. The molecule has 34 heteroatoms. The van der Waals surface area contributed by atoms with E-state index < -0.39 is 17.3 Å². The van der Waals surface area contributed by atoms with E-state index in [1.807, 2.05) is 73.8 Å². The SMILES string of the molecule is C=C1C=Cc2cc(Nc3nc(N4CCC(CC)CC4)ncc3Cl)ccc2N1C.CC(=O)COC1Cc2cc(Nc3nc(N4CCN(C)CC4)ncc3Cl)ccc2N(C)C1=O.CC1CCN(c2ncc(Cl)c(Nc3ccc4c(c3)n(CCC(C)(C)O)c(=O)n4C)n2)CC1.CCC1CCN(c2ncc(Cl)c(Nc3ccc4c(c3)n(CCC(C)(C)O)c(=O)n4C)n2)CC1. The van der Waals surface area contributed by atoms with Crippen molar-refractivity contribution >= 4 is 167 Å². The van der Waals surface area contributed by atoms with Gasteiger partial charge in [-0.15, -0.1) is 0 Å². The van der Waals surface area contributed by atoms with Crippen molar-refractivity contribution in [2.45, 2.75) is 156 Å². The van der Waals surface area contributed by atoms with Gasteiger partial charge in [-0.2, -0.15) is 19.9 Å². The number of aromatic nitrogens is 12. The average molecular weight is 1790 g/mol. The fourth-order valence-corrected chi connectivity index (χ4v) is 16.6. The van der Waals surface area contributed by atoms with Crippen LogP contribution in [0.25, 0.3) is 28.1 Å². The third kappa shape index (κ3) is 23.1. The Morgan fingerprint density at radius 1 is 0.496 bits per heavy atom. The van der Waals surface area contributed by atoms with Crippen LogP contribution in [0, 0.1) is 17.8 Å². The van der Waals surface area contributed by atoms with Crippen LogP contribution < -0.4 is 62.0 Å². The largest absolute Gasteiger partial charge is 0.390 e. The normalized spacial score (nSPS) is 16.7. The highest BCUT2D eigenvalue weighted by Crippen LogP contribution is 2.38. The lowest BCUT2D eigenvalue weighted by Crippen LogP contribution is -2.45. The molecule has 0 bridgehead atoms. The van der Waals surface area contributed by atoms with Gasteiger partial charge in [-0.1, -0.05) is 92.7 Å². The summed E-state index contributed by atoms with van der Waals surface area (Å²) < 4.78 is 12.2. The zero-order valence-electron chi connectivity index (χ0n) is 73.8. The van der Waals surface area contributed by atoms with E-state index in [1.165, 1.54) is 32.6 Å². The van der Waals surface area contributed by atoms with E-state index in [2.05, 4.69) is 133 Å². The van der Waals surface area contributed by atoms with E-state index in [0.29, 0.717) is 93.6 Å². The predicted octanol–water partition coefficient (Wildman–Crippen LogP) is 15.8. The molecule has 30 nitrogen and oxygen atoms in total. The fraction of sp³-hybridized carbons (Fsp3) is 0.473. The van der Waals surface area contributed by atoms with Gasteiger partial charge in [0.15, 0.2) is 29.1 Å². The summed E-state index contributed by atoms with van der Waals surface area (Å²) in [5.41, 5.74) is 9.61. The summed E-state index contributed by atoms with van der Waals surface area (Å²) in [6.07, 6.45) is 20.7. The smallest absolute Gasteiger partial charge is 0.328 e. The lowest BCUT2D eigenvalue weighted by molar-refractivity contribution is -0.134. The van der Waals surface area contributed by atoms with Gasteiger partial charge in [-0.3, -0.25) is 27.9 Å². The van der Waals surface area contributed by atoms with Gasteiger partial charge in [0, 0.05) is 159 Å². The van der Waals surface area contributed by atoms with Crippen molar-refractivity contribution in [3.05, 3.63) is 168 Å². The Hall–Kier alpha value is -10.4. The Kier molecular flexibility index (Phi) is 29.9. The molecule has 0 radical (unpaired) electrons. The van der Waals surface area contributed by atoms with E-state index in [9.17, 15) is 29.4 Å². The van der Waals surface area contributed by atoms with Crippen LogP contribution in [0.3, 0.4) is 0 Å². The summed E-state index contributed by atoms with van der Waals surface area (Å²) in [5.74, 6) is 7.04. The lowest BCUT2D eigenvalue weighted by Gasteiger charge is -2.32. The first-order valence-electron chi connectivity index (χ1n) is 43.1. The number of rotatable bonds is 23. The molecular weight excluding hydrogens is 1670 g/mol. The number of allylic oxidation sites excluding steroid dienone is 1. The Balaban J connectivity index is 0.000000143. The van der Waals surface area contributed by atoms with Gasteiger partial charge >= 0.3 is 11.4 Å². The summed E-state index contributed by atoms with van der Waals surface area (Å²) in [5, 5.41) is 35.3. The first-order chi connectivity index (χ1) is 59.6. The number of nitrogens with zero attached hydrogens (tertiary/aromatic N) is 19. The predicted molar refractivity (Wildman–Crippen MR) is 505 cm³/mol. The Bertz CT molecular complexity index is 5670. The number of amides is 1. The summed E-state index contributed by atoms with van der Waals surface area (Å²) in [4.78, 5) is 101. The molecule has 125 heavy (non-hydrogen) atoms. The van der Waals surface area contributed by atoms with E-state index >= 15 is 0 Å². The van der Waals surface area contributed by atoms with Gasteiger partial charge in [-0.05, 0) is 195 Å². The molecule has 666 valence electrons. The van der Waals surface area contributed by atoms with Crippen LogP contribution in [-0.2, 0) is 47.9 Å². The number of hydrogen-bond acceptors (Lipinski definition) is 25. The minimum atomic E-state index is -0.853. The number of ether oxygens (including phenoxy) is 1. The van der Waals surface area contributed by atoms with E-state index in [4.69, 9.17) is 61.1 Å². The maximum Gasteiger partial charge on any atom is 0.328 e. The van der Waals surface area contributed by atoms with Crippen molar-refractivity contribution in [3.8, 4) is 0 Å². The topological polar surface area (TPSA) is 312 Å². The molecule has 6 aliphatic rings. The number of Topliss-reactive ketones (excluding diaryl/α,β-unsaturated/α-hetero) is 1. The molecule has 6 N–H and O–H groups in total. The Morgan fingerprint density at radius 2 is 0.872 bits per heavy atom. The lowest BCUT2D eigenvalue weighted by atomic mass is 9.95. The minimum Gasteiger partial charge on any atom is -0.390 e. The molecular formula is C91H117Cl4N23O7. The minimum absolute atomic E-state index is 0.0802. The van der Waals surface area contributed by atoms with E-state index in [-0.39, 0.29) is 29.7 Å². The van der Waals surface area contributed by atoms with Gasteiger partial charge in [0.2, 0.25) is 23.8 Å². The number of benzene rings is 4. The monoisotopic (exact) mass is 1780 g/mol. The molecule has 6 aliphatic heterocycles. The highest BCUT2D eigenvalue weighted by Gasteiger charge is 2.33. The van der Waals surface area contributed by atoms with Crippen LogP contribution in [0.15, 0.2) is 126 Å². The van der Waals surface area contributed by atoms with Gasteiger partial charge in [0.1, 0.15) is 32.8 Å². The number of halogens is 4. The van der Waals surface area contributed by atoms with Crippen LogP contribution in [0.5, 0.6) is 0 Å². The first-order valence-corrected chi connectivity index (χ1v) is 44.6. The van der Waals surface area contributed by atoms with Crippen LogP contribution in [0.2, 0.25) is 20.1 Å². The number of piperazine rings is 1. The van der Waals surface area contributed by atoms with Crippen molar-refractivity contribution in [1.82, 2.24) is 63.0 Å². The zero-order chi connectivity index (χ0) is 89.3. The van der Waals surface area contributed by atoms with Gasteiger partial charge in [-0.25, -0.2) is 29.5 Å². The highest BCUT2D eigenvalue weighted by molar-refractivity contribution is 6.34. The second-order valence-corrected chi connectivity index (χ2v) is 36.4. The molecule has 1 amide bonds. The molecule has 1 atom stereocenters. The van der Waals surface area contributed by atoms with Gasteiger partial charge in [0.25, 0.3) is 5.91 Å². The average Bonchev–Trinajstić information content (AvgIpc) is 1.59. The zero-order valence-corrected chi connectivity index (χ0v) is 76.8. The molecule has 10 aromatic rings. The van der Waals surface area contributed by atoms with Crippen LogP contribution in [-0.4, -0.2) is 195 Å². The quantitative estimate of drug-likeness (QED) is 0.0347. The summed E-state index contributed by atoms with van der Waals surface area (Å²) in [7, 11) is 9.34. The number of hydrogen-bond donors (Lipinski definition) is 6. The molecule has 12 heterocycles. The molecule has 4 fully saturated rings. The van der Waals surface area contributed by atoms with Crippen molar-refractivity contribution in [3.63, 3.8) is 0 Å². The molecule has 1 unspecified atom stereocenters. The Labute approximate surface area is 750 Å². The standard InChI is InChI=1S/C24H33ClN6O2.C23H31ClN6O2.C22H27ClN6O3.C22H26ClN5/c1-5-16-8-11-30(12-9-16)22-26-15-18(25)21(28-22)27-17-6-7-19-20(14-17)31(23(32)29(19)4)13-10-24(2,3)33;1-15-7-10-29(11-8-15)21-25-14-17(24)20(27-21)26-16-5-6-18-19(13-16)30(22(31)28(18)4)12-9-23(2,3)32;1-14(30)13-32-19-11-15-10-16(4-5-18(15)28(3)21(19)31)25-20-17(23)12-24-22(26-20)29-8-6-27(2)7-9-29;1-4-16-9-11-28(12-10-16)22-24-14-19(23)21(26-22)25-18-7-8-20-17(13-18)6-5-15(2)27(20)3/h6-7,14-16,33H,5,8-13H2,1-4H3,(H,26,27,28);5-6,13-15,32H,7-12H2,1-4H3,(H,25,26,27);4-5,10,12,19H,6-9,11,13H2,1-3H3,(H,24,25,26);5-8,13-14,16H,2,4,9-12H2,1,3H3,(H,24,25,26). The Morgan fingerprint density at radius 3 is 1.27 bits per heavy atom. The summed E-state index contributed by atoms with van der Waals surface area (Å²) >= 11 is 25.6. The van der Waals surface area contributed by atoms with E-state index in [0.717, 1.165) is 188 Å². The number of ketones is 1. The molecule has 4 saturated heterocycles. The second kappa shape index (κ2) is 40.5. The molecule has 0 saturated carbocycles. The van der Waals surface area contributed by atoms with Crippen molar-refractivity contribution in [1.29, 1.82) is 0 Å². The number of likely N-dealkylation sites (N-methyl/N-ethyl adjacent to an activating group) is 3. The van der Waals surface area contributed by atoms with Crippen LogP contribution >= 0.6 is 46.4 Å². The van der Waals surface area contributed by atoms with Gasteiger partial charge < -0.3 is 70.5 Å². The van der Waals surface area contributed by atoms with Crippen molar-refractivity contribution < 1.29 is 24.5 Å².